The summed E-state index contributed by atoms with van der Waals surface area (Å²) < 4.78 is 31.9. The maximum Gasteiger partial charge on any atom is 0.265 e. The average Bonchev–Trinajstić information content (AvgIpc) is 2.47. The maximum atomic E-state index is 12.2. The van der Waals surface area contributed by atoms with Crippen molar-refractivity contribution in [2.45, 2.75) is 4.90 Å². The quantitative estimate of drug-likeness (QED) is 0.864. The number of benzene rings is 1. The molecule has 1 aromatic carbocycles. The van der Waals surface area contributed by atoms with Gasteiger partial charge in [-0.2, -0.15) is 0 Å². The molecule has 7 nitrogen and oxygen atoms in total. The SMILES string of the molecule is CNc1ncc(S(=O)(=O)Nc2ccccc2OC)cn1. The smallest absolute Gasteiger partial charge is 0.265 e. The molecule has 0 saturated heterocycles. The summed E-state index contributed by atoms with van der Waals surface area (Å²) in [6.45, 7) is 0. The number of rotatable bonds is 5. The molecule has 0 saturated carbocycles. The van der Waals surface area contributed by atoms with Gasteiger partial charge in [0.1, 0.15) is 10.6 Å². The van der Waals surface area contributed by atoms with Crippen molar-refractivity contribution in [1.82, 2.24) is 9.97 Å². The van der Waals surface area contributed by atoms with Crippen molar-refractivity contribution in [2.75, 3.05) is 24.2 Å². The van der Waals surface area contributed by atoms with Gasteiger partial charge in [0, 0.05) is 7.05 Å². The van der Waals surface area contributed by atoms with Crippen LogP contribution in [0.5, 0.6) is 5.75 Å². The fourth-order valence-electron chi connectivity index (χ4n) is 1.52. The van der Waals surface area contributed by atoms with Crippen LogP contribution in [0.15, 0.2) is 41.6 Å². The lowest BCUT2D eigenvalue weighted by atomic mass is 10.3. The van der Waals surface area contributed by atoms with E-state index in [4.69, 9.17) is 4.74 Å². The van der Waals surface area contributed by atoms with E-state index in [0.29, 0.717) is 17.4 Å². The van der Waals surface area contributed by atoms with Crippen LogP contribution in [0.2, 0.25) is 0 Å². The van der Waals surface area contributed by atoms with E-state index in [0.717, 1.165) is 0 Å². The van der Waals surface area contributed by atoms with Crippen molar-refractivity contribution in [3.05, 3.63) is 36.7 Å². The fraction of sp³-hybridized carbons (Fsp3) is 0.167. The highest BCUT2D eigenvalue weighted by atomic mass is 32.2. The van der Waals surface area contributed by atoms with Gasteiger partial charge in [-0.15, -0.1) is 0 Å². The van der Waals surface area contributed by atoms with E-state index >= 15 is 0 Å². The molecule has 0 aliphatic heterocycles. The predicted octanol–water partition coefficient (Wildman–Crippen LogP) is 1.33. The Hall–Kier alpha value is -2.35. The second-order valence-electron chi connectivity index (χ2n) is 3.80. The number of nitrogens with zero attached hydrogens (tertiary/aromatic N) is 2. The monoisotopic (exact) mass is 294 g/mol. The Labute approximate surface area is 117 Å². The summed E-state index contributed by atoms with van der Waals surface area (Å²) in [5.41, 5.74) is 0.354. The zero-order valence-corrected chi connectivity index (χ0v) is 11.8. The van der Waals surface area contributed by atoms with Crippen LogP contribution in [0.4, 0.5) is 11.6 Å². The molecular weight excluding hydrogens is 280 g/mol. The summed E-state index contributed by atoms with van der Waals surface area (Å²) in [5, 5.41) is 2.72. The highest BCUT2D eigenvalue weighted by Crippen LogP contribution is 2.25. The molecule has 1 heterocycles. The number of hydrogen-bond acceptors (Lipinski definition) is 6. The first-order valence-electron chi connectivity index (χ1n) is 5.72. The van der Waals surface area contributed by atoms with E-state index < -0.39 is 10.0 Å². The minimum absolute atomic E-state index is 0.0255. The molecule has 0 radical (unpaired) electrons. The van der Waals surface area contributed by atoms with E-state index in [-0.39, 0.29) is 4.90 Å². The highest BCUT2D eigenvalue weighted by molar-refractivity contribution is 7.92. The van der Waals surface area contributed by atoms with Gasteiger partial charge >= 0.3 is 0 Å². The molecule has 0 aliphatic rings. The van der Waals surface area contributed by atoms with Gasteiger partial charge in [-0.3, -0.25) is 4.72 Å². The Morgan fingerprint density at radius 2 is 1.80 bits per heavy atom. The van der Waals surface area contributed by atoms with Crippen LogP contribution < -0.4 is 14.8 Å². The number of para-hydroxylation sites is 2. The lowest BCUT2D eigenvalue weighted by Crippen LogP contribution is -2.14. The second-order valence-corrected chi connectivity index (χ2v) is 5.48. The van der Waals surface area contributed by atoms with Crippen LogP contribution in [-0.4, -0.2) is 32.5 Å². The predicted molar refractivity (Wildman–Crippen MR) is 75.4 cm³/mol. The zero-order valence-electron chi connectivity index (χ0n) is 11.0. The maximum absolute atomic E-state index is 12.2. The molecule has 2 rings (SSSR count). The van der Waals surface area contributed by atoms with Gasteiger partial charge in [-0.25, -0.2) is 18.4 Å². The van der Waals surface area contributed by atoms with Crippen molar-refractivity contribution < 1.29 is 13.2 Å². The number of methoxy groups -OCH3 is 1. The number of ether oxygens (including phenoxy) is 1. The molecular formula is C12H14N4O3S. The van der Waals surface area contributed by atoms with E-state index in [1.54, 1.807) is 31.3 Å². The molecule has 106 valence electrons. The number of anilines is 2. The van der Waals surface area contributed by atoms with E-state index in [1.807, 2.05) is 0 Å². The molecule has 2 N–H and O–H groups in total. The summed E-state index contributed by atoms with van der Waals surface area (Å²) in [4.78, 5) is 7.72. The largest absolute Gasteiger partial charge is 0.495 e. The van der Waals surface area contributed by atoms with Gasteiger partial charge in [0.25, 0.3) is 10.0 Å². The second kappa shape index (κ2) is 5.74. The molecule has 8 heteroatoms. The molecule has 0 amide bonds. The third-order valence-electron chi connectivity index (χ3n) is 2.51. The van der Waals surface area contributed by atoms with Gasteiger partial charge in [0.2, 0.25) is 5.95 Å². The highest BCUT2D eigenvalue weighted by Gasteiger charge is 2.17. The molecule has 0 unspecified atom stereocenters. The van der Waals surface area contributed by atoms with Crippen LogP contribution in [0.25, 0.3) is 0 Å². The number of aromatic nitrogens is 2. The van der Waals surface area contributed by atoms with Crippen LogP contribution in [0.3, 0.4) is 0 Å². The van der Waals surface area contributed by atoms with Gasteiger partial charge < -0.3 is 10.1 Å². The van der Waals surface area contributed by atoms with E-state index in [1.165, 1.54) is 19.5 Å². The Morgan fingerprint density at radius 1 is 1.15 bits per heavy atom. The number of hydrogen-bond donors (Lipinski definition) is 2. The summed E-state index contributed by atoms with van der Waals surface area (Å²) in [5.74, 6) is 0.782. The standard InChI is InChI=1S/C12H14N4O3S/c1-13-12-14-7-9(8-15-12)20(17,18)16-10-5-3-4-6-11(10)19-2/h3-8,16H,1-2H3,(H,13,14,15). The third kappa shape index (κ3) is 2.97. The van der Waals surface area contributed by atoms with E-state index in [2.05, 4.69) is 20.0 Å². The Morgan fingerprint density at radius 3 is 2.40 bits per heavy atom. The molecule has 20 heavy (non-hydrogen) atoms. The van der Waals surface area contributed by atoms with Crippen LogP contribution >= 0.6 is 0 Å². The van der Waals surface area contributed by atoms with Gasteiger partial charge in [-0.05, 0) is 12.1 Å². The molecule has 0 bridgehead atoms. The zero-order chi connectivity index (χ0) is 14.6. The van der Waals surface area contributed by atoms with Crippen molar-refractivity contribution >= 4 is 21.7 Å². The summed E-state index contributed by atoms with van der Waals surface area (Å²) in [7, 11) is -0.634. The van der Waals surface area contributed by atoms with Gasteiger partial charge in [0.05, 0.1) is 25.2 Å². The summed E-state index contributed by atoms with van der Waals surface area (Å²) in [6, 6.07) is 6.74. The molecule has 0 spiro atoms. The summed E-state index contributed by atoms with van der Waals surface area (Å²) >= 11 is 0. The fourth-order valence-corrected chi connectivity index (χ4v) is 2.48. The topological polar surface area (TPSA) is 93.2 Å². The van der Waals surface area contributed by atoms with Crippen molar-refractivity contribution in [3.63, 3.8) is 0 Å². The number of sulfonamides is 1. The first kappa shape index (κ1) is 14.1. The lowest BCUT2D eigenvalue weighted by molar-refractivity contribution is 0.417. The first-order valence-corrected chi connectivity index (χ1v) is 7.21. The molecule has 0 aliphatic carbocycles. The lowest BCUT2D eigenvalue weighted by Gasteiger charge is -2.11. The molecule has 0 fully saturated rings. The Balaban J connectivity index is 2.30. The Kier molecular flexibility index (Phi) is 4.04. The third-order valence-corrected chi connectivity index (χ3v) is 3.83. The molecule has 1 aromatic heterocycles. The van der Waals surface area contributed by atoms with Crippen molar-refractivity contribution in [1.29, 1.82) is 0 Å². The van der Waals surface area contributed by atoms with Crippen LogP contribution in [0.1, 0.15) is 0 Å². The minimum atomic E-state index is -3.75. The van der Waals surface area contributed by atoms with Crippen LogP contribution in [0, 0.1) is 0 Å². The normalized spacial score (nSPS) is 10.9. The van der Waals surface area contributed by atoms with Gasteiger partial charge in [0.15, 0.2) is 0 Å². The van der Waals surface area contributed by atoms with Crippen LogP contribution in [-0.2, 0) is 10.0 Å². The first-order chi connectivity index (χ1) is 9.56. The molecule has 0 atom stereocenters. The average molecular weight is 294 g/mol. The van der Waals surface area contributed by atoms with Crippen molar-refractivity contribution in [2.24, 2.45) is 0 Å². The van der Waals surface area contributed by atoms with E-state index in [9.17, 15) is 8.42 Å². The molecule has 2 aromatic rings. The summed E-state index contributed by atoms with van der Waals surface area (Å²) in [6.07, 6.45) is 2.47. The van der Waals surface area contributed by atoms with Crippen molar-refractivity contribution in [3.8, 4) is 5.75 Å². The number of nitrogens with one attached hydrogen (secondary N) is 2. The Bertz CT molecular complexity index is 686. The minimum Gasteiger partial charge on any atom is -0.495 e. The van der Waals surface area contributed by atoms with Gasteiger partial charge in [-0.1, -0.05) is 12.1 Å².